The number of ketones is 1. The van der Waals surface area contributed by atoms with E-state index in [-0.39, 0.29) is 23.1 Å². The number of para-hydroxylation sites is 1. The van der Waals surface area contributed by atoms with Crippen LogP contribution >= 0.6 is 23.2 Å². The van der Waals surface area contributed by atoms with E-state index in [9.17, 15) is 14.3 Å². The van der Waals surface area contributed by atoms with E-state index in [1.54, 1.807) is 49.4 Å². The molecule has 0 saturated carbocycles. The smallest absolute Gasteiger partial charge is 0.232 e. The maximum absolute atomic E-state index is 14.2. The van der Waals surface area contributed by atoms with Crippen molar-refractivity contribution in [1.29, 1.82) is 0 Å². The number of benzene rings is 3. The van der Waals surface area contributed by atoms with Gasteiger partial charge in [0.25, 0.3) is 0 Å². The quantitative estimate of drug-likeness (QED) is 0.429. The third-order valence-electron chi connectivity index (χ3n) is 6.41. The van der Waals surface area contributed by atoms with Crippen molar-refractivity contribution in [1.82, 2.24) is 4.90 Å². The minimum atomic E-state index is -0.241. The largest absolute Gasteiger partial charge is 0.507 e. The van der Waals surface area contributed by atoms with Gasteiger partial charge in [-0.2, -0.15) is 0 Å². The van der Waals surface area contributed by atoms with E-state index in [0.717, 1.165) is 0 Å². The average molecular weight is 513 g/mol. The minimum absolute atomic E-state index is 0.0846. The lowest BCUT2D eigenvalue weighted by molar-refractivity contribution is 0.101. The molecule has 1 N–H and O–H groups in total. The Balaban J connectivity index is 1.37. The summed E-state index contributed by atoms with van der Waals surface area (Å²) >= 11 is 12.1. The maximum atomic E-state index is 14.2. The molecule has 0 radical (unpaired) electrons. The van der Waals surface area contributed by atoms with E-state index in [0.29, 0.717) is 76.5 Å². The third-order valence-corrected chi connectivity index (χ3v) is 7.15. The Labute approximate surface area is 212 Å². The first-order valence-electron chi connectivity index (χ1n) is 11.3. The molecular formula is C27H23Cl2FN2O3. The topological polar surface area (TPSA) is 53.0 Å². The highest BCUT2D eigenvalue weighted by Gasteiger charge is 2.34. The molecule has 0 aromatic heterocycles. The van der Waals surface area contributed by atoms with Crippen molar-refractivity contribution in [3.05, 3.63) is 92.4 Å². The van der Waals surface area contributed by atoms with Crippen LogP contribution in [0.4, 0.5) is 10.1 Å². The molecule has 180 valence electrons. The number of aryl methyl sites for hydroxylation is 1. The fraction of sp³-hybridized carbons (Fsp3) is 0.222. The summed E-state index contributed by atoms with van der Waals surface area (Å²) in [6.45, 7) is 4.84. The van der Waals surface area contributed by atoms with E-state index in [2.05, 4.69) is 4.90 Å². The van der Waals surface area contributed by atoms with Crippen molar-refractivity contribution in [2.75, 3.05) is 31.1 Å². The molecule has 2 aliphatic heterocycles. The maximum Gasteiger partial charge on any atom is 0.232 e. The van der Waals surface area contributed by atoms with E-state index < -0.39 is 0 Å². The minimum Gasteiger partial charge on any atom is -0.507 e. The number of piperazine rings is 1. The third kappa shape index (κ3) is 4.61. The van der Waals surface area contributed by atoms with Crippen molar-refractivity contribution < 1.29 is 19.0 Å². The zero-order chi connectivity index (χ0) is 24.7. The number of nitrogens with zero attached hydrogens (tertiary/aromatic N) is 2. The van der Waals surface area contributed by atoms with Gasteiger partial charge in [-0.1, -0.05) is 41.4 Å². The molecule has 3 aromatic carbocycles. The molecule has 5 rings (SSSR count). The summed E-state index contributed by atoms with van der Waals surface area (Å²) < 4.78 is 20.2. The van der Waals surface area contributed by atoms with Gasteiger partial charge in [-0.25, -0.2) is 4.39 Å². The number of anilines is 1. The SMILES string of the molecule is Cc1cc(O)c(CN2CCN(c3ccccc3F)CC2)c2c1C(=O)/C(=C/c1ccc(Cl)c(Cl)c1)O2. The molecule has 0 atom stereocenters. The number of aromatic hydroxyl groups is 1. The van der Waals surface area contributed by atoms with Crippen LogP contribution in [-0.2, 0) is 6.54 Å². The van der Waals surface area contributed by atoms with Gasteiger partial charge in [0, 0.05) is 32.7 Å². The number of carbonyl (C=O) groups is 1. The summed E-state index contributed by atoms with van der Waals surface area (Å²) in [6.07, 6.45) is 1.62. The summed E-state index contributed by atoms with van der Waals surface area (Å²) in [7, 11) is 0. The Bertz CT molecular complexity index is 1350. The summed E-state index contributed by atoms with van der Waals surface area (Å²) in [5, 5.41) is 11.6. The highest BCUT2D eigenvalue weighted by Crippen LogP contribution is 2.42. The van der Waals surface area contributed by atoms with Crippen LogP contribution in [0.15, 0.2) is 54.3 Å². The molecule has 35 heavy (non-hydrogen) atoms. The number of allylic oxidation sites excluding steroid dienone is 1. The van der Waals surface area contributed by atoms with E-state index in [1.807, 2.05) is 11.0 Å². The summed E-state index contributed by atoms with van der Waals surface area (Å²) in [6, 6.07) is 13.4. The highest BCUT2D eigenvalue weighted by atomic mass is 35.5. The van der Waals surface area contributed by atoms with Gasteiger partial charge in [-0.05, 0) is 54.5 Å². The van der Waals surface area contributed by atoms with E-state index >= 15 is 0 Å². The van der Waals surface area contributed by atoms with Gasteiger partial charge in [-0.15, -0.1) is 0 Å². The van der Waals surface area contributed by atoms with Crippen LogP contribution in [0.5, 0.6) is 11.5 Å². The first kappa shape index (κ1) is 23.7. The molecule has 1 saturated heterocycles. The molecule has 0 amide bonds. The summed E-state index contributed by atoms with van der Waals surface area (Å²) in [5.41, 5.74) is 2.94. The molecule has 2 heterocycles. The highest BCUT2D eigenvalue weighted by molar-refractivity contribution is 6.42. The van der Waals surface area contributed by atoms with Crippen LogP contribution in [0.25, 0.3) is 6.08 Å². The molecular weight excluding hydrogens is 490 g/mol. The number of hydrogen-bond donors (Lipinski definition) is 1. The second kappa shape index (κ2) is 9.53. The number of phenols is 1. The normalized spacial score (nSPS) is 17.1. The van der Waals surface area contributed by atoms with Gasteiger partial charge in [0.2, 0.25) is 5.78 Å². The number of phenolic OH excluding ortho intramolecular Hbond substituents is 1. The van der Waals surface area contributed by atoms with Crippen LogP contribution in [0.2, 0.25) is 10.0 Å². The molecule has 5 nitrogen and oxygen atoms in total. The molecule has 0 spiro atoms. The fourth-order valence-corrected chi connectivity index (χ4v) is 4.87. The Morgan fingerprint density at radius 3 is 2.51 bits per heavy atom. The van der Waals surface area contributed by atoms with Crippen LogP contribution in [0.3, 0.4) is 0 Å². The van der Waals surface area contributed by atoms with Gasteiger partial charge in [0.05, 0.1) is 26.9 Å². The number of carbonyl (C=O) groups excluding carboxylic acids is 1. The number of Topliss-reactive ketones (excluding diaryl/α,β-unsaturated/α-hetero) is 1. The second-order valence-corrected chi connectivity index (χ2v) is 9.54. The lowest BCUT2D eigenvalue weighted by Gasteiger charge is -2.36. The van der Waals surface area contributed by atoms with Crippen LogP contribution in [-0.4, -0.2) is 42.0 Å². The second-order valence-electron chi connectivity index (χ2n) is 8.72. The van der Waals surface area contributed by atoms with Crippen molar-refractivity contribution >= 4 is 40.7 Å². The van der Waals surface area contributed by atoms with Crippen molar-refractivity contribution in [3.63, 3.8) is 0 Å². The summed E-state index contributed by atoms with van der Waals surface area (Å²) in [5.74, 6) is 0.159. The van der Waals surface area contributed by atoms with Gasteiger partial charge >= 0.3 is 0 Å². The van der Waals surface area contributed by atoms with Gasteiger partial charge in [0.1, 0.15) is 17.3 Å². The van der Waals surface area contributed by atoms with E-state index in [4.69, 9.17) is 27.9 Å². The molecule has 0 aliphatic carbocycles. The monoisotopic (exact) mass is 512 g/mol. The Kier molecular flexibility index (Phi) is 6.45. The predicted octanol–water partition coefficient (Wildman–Crippen LogP) is 6.08. The number of halogens is 3. The lowest BCUT2D eigenvalue weighted by Crippen LogP contribution is -2.46. The van der Waals surface area contributed by atoms with Crippen molar-refractivity contribution in [2.24, 2.45) is 0 Å². The Hall–Kier alpha value is -3.06. The van der Waals surface area contributed by atoms with Crippen molar-refractivity contribution in [3.8, 4) is 11.5 Å². The van der Waals surface area contributed by atoms with Gasteiger partial charge in [0.15, 0.2) is 5.76 Å². The molecule has 1 fully saturated rings. The first-order valence-corrected chi connectivity index (χ1v) is 12.0. The predicted molar refractivity (Wildman–Crippen MR) is 136 cm³/mol. The zero-order valence-electron chi connectivity index (χ0n) is 19.0. The zero-order valence-corrected chi connectivity index (χ0v) is 20.5. The van der Waals surface area contributed by atoms with Crippen LogP contribution < -0.4 is 9.64 Å². The molecule has 3 aromatic rings. The number of ether oxygens (including phenoxy) is 1. The molecule has 0 bridgehead atoms. The first-order chi connectivity index (χ1) is 16.8. The van der Waals surface area contributed by atoms with Gasteiger partial charge < -0.3 is 14.7 Å². The molecule has 8 heteroatoms. The lowest BCUT2D eigenvalue weighted by atomic mass is 9.99. The molecule has 0 unspecified atom stereocenters. The fourth-order valence-electron chi connectivity index (χ4n) is 4.57. The van der Waals surface area contributed by atoms with Crippen LogP contribution in [0, 0.1) is 12.7 Å². The number of fused-ring (bicyclic) bond motifs is 1. The van der Waals surface area contributed by atoms with Gasteiger partial charge in [-0.3, -0.25) is 9.69 Å². The Morgan fingerprint density at radius 2 is 1.80 bits per heavy atom. The van der Waals surface area contributed by atoms with E-state index in [1.165, 1.54) is 6.07 Å². The average Bonchev–Trinajstić information content (AvgIpc) is 3.16. The Morgan fingerprint density at radius 1 is 1.06 bits per heavy atom. The number of rotatable bonds is 4. The standard InChI is InChI=1S/C27H23Cl2FN2O3/c1-16-12-23(33)18(15-31-8-10-32(11-9-31)22-5-3-2-4-21(22)30)27-25(16)26(34)24(35-27)14-17-6-7-19(28)20(29)13-17/h2-7,12-14,33H,8-11,15H2,1H3/b24-14-. The summed E-state index contributed by atoms with van der Waals surface area (Å²) in [4.78, 5) is 17.4. The van der Waals surface area contributed by atoms with Crippen LogP contribution in [0.1, 0.15) is 27.0 Å². The molecule has 2 aliphatic rings. The number of hydrogen-bond acceptors (Lipinski definition) is 5. The van der Waals surface area contributed by atoms with Crippen molar-refractivity contribution in [2.45, 2.75) is 13.5 Å².